The van der Waals surface area contributed by atoms with Gasteiger partial charge in [-0.3, -0.25) is 0 Å². The van der Waals surface area contributed by atoms with Gasteiger partial charge in [0.25, 0.3) is 0 Å². The van der Waals surface area contributed by atoms with E-state index in [4.69, 9.17) is 0 Å². The minimum absolute atomic E-state index is 0.571. The standard InChI is InChI=1S/C31H55N/c1-8-32(9-2)25-17-19-30(6)24(21-25)13-14-26-28-16-15-27(23(5)12-10-11-22(3)4)31(28,7)20-18-29(26)30/h17,22-24,26-29H,8-16,18-21H2,1-7H3. The smallest absolute Gasteiger partial charge is 0.0146 e. The van der Waals surface area contributed by atoms with Crippen molar-refractivity contribution in [2.24, 2.45) is 52.3 Å². The summed E-state index contributed by atoms with van der Waals surface area (Å²) in [6.07, 6.45) is 18.9. The Bertz CT molecular complexity index is 659. The Morgan fingerprint density at radius 3 is 2.31 bits per heavy atom. The van der Waals surface area contributed by atoms with Crippen LogP contribution in [0.1, 0.15) is 119 Å². The molecule has 0 spiro atoms. The van der Waals surface area contributed by atoms with Crippen LogP contribution >= 0.6 is 0 Å². The lowest BCUT2D eigenvalue weighted by Gasteiger charge is -2.60. The monoisotopic (exact) mass is 441 g/mol. The molecule has 184 valence electrons. The SMILES string of the molecule is CCN(CC)C1=CCC2(C)C(CCC3C2CCC2(C)C(C(C)CCCC(C)C)CCC32)C1. The third kappa shape index (κ3) is 4.22. The van der Waals surface area contributed by atoms with Crippen molar-refractivity contribution in [2.75, 3.05) is 13.1 Å². The first kappa shape index (κ1) is 24.7. The van der Waals surface area contributed by atoms with Gasteiger partial charge in [0.1, 0.15) is 0 Å². The Hall–Kier alpha value is -0.460. The van der Waals surface area contributed by atoms with Gasteiger partial charge in [0.15, 0.2) is 0 Å². The number of nitrogens with zero attached hydrogens (tertiary/aromatic N) is 1. The highest BCUT2D eigenvalue weighted by Crippen LogP contribution is 2.68. The van der Waals surface area contributed by atoms with Crippen LogP contribution in [-0.2, 0) is 0 Å². The zero-order chi connectivity index (χ0) is 23.1. The molecule has 4 aliphatic carbocycles. The minimum Gasteiger partial charge on any atom is -0.376 e. The Balaban J connectivity index is 1.47. The number of fused-ring (bicyclic) bond motifs is 5. The summed E-state index contributed by atoms with van der Waals surface area (Å²) < 4.78 is 0. The van der Waals surface area contributed by atoms with Gasteiger partial charge in [0.2, 0.25) is 0 Å². The van der Waals surface area contributed by atoms with E-state index < -0.39 is 0 Å². The molecule has 0 heterocycles. The first-order valence-corrected chi connectivity index (χ1v) is 14.7. The fourth-order valence-corrected chi connectivity index (χ4v) is 9.77. The Morgan fingerprint density at radius 2 is 1.62 bits per heavy atom. The zero-order valence-electron chi connectivity index (χ0n) is 22.8. The lowest BCUT2D eigenvalue weighted by atomic mass is 9.45. The van der Waals surface area contributed by atoms with Crippen molar-refractivity contribution in [1.29, 1.82) is 0 Å². The van der Waals surface area contributed by atoms with Gasteiger partial charge in [0.05, 0.1) is 0 Å². The van der Waals surface area contributed by atoms with Gasteiger partial charge in [0, 0.05) is 18.8 Å². The van der Waals surface area contributed by atoms with Crippen LogP contribution in [0.25, 0.3) is 0 Å². The van der Waals surface area contributed by atoms with E-state index in [-0.39, 0.29) is 0 Å². The van der Waals surface area contributed by atoms with Gasteiger partial charge >= 0.3 is 0 Å². The predicted molar refractivity (Wildman–Crippen MR) is 139 cm³/mol. The van der Waals surface area contributed by atoms with Crippen LogP contribution in [0.2, 0.25) is 0 Å². The Kier molecular flexibility index (Phi) is 7.44. The molecule has 3 fully saturated rings. The average Bonchev–Trinajstić information content (AvgIpc) is 3.11. The minimum atomic E-state index is 0.571. The largest absolute Gasteiger partial charge is 0.376 e. The van der Waals surface area contributed by atoms with E-state index in [0.717, 1.165) is 41.4 Å². The van der Waals surface area contributed by atoms with E-state index in [1.165, 1.54) is 83.7 Å². The molecule has 0 saturated heterocycles. The molecule has 32 heavy (non-hydrogen) atoms. The molecule has 8 unspecified atom stereocenters. The molecule has 0 aromatic carbocycles. The molecule has 8 atom stereocenters. The highest BCUT2D eigenvalue weighted by molar-refractivity contribution is 5.17. The van der Waals surface area contributed by atoms with Crippen LogP contribution in [0.15, 0.2) is 11.8 Å². The molecule has 0 aromatic heterocycles. The van der Waals surface area contributed by atoms with Crippen molar-refractivity contribution in [3.63, 3.8) is 0 Å². The number of allylic oxidation sites excluding steroid dienone is 2. The van der Waals surface area contributed by atoms with E-state index in [9.17, 15) is 0 Å². The zero-order valence-corrected chi connectivity index (χ0v) is 22.8. The molecule has 4 aliphatic rings. The highest BCUT2D eigenvalue weighted by atomic mass is 15.1. The molecule has 0 bridgehead atoms. The second kappa shape index (κ2) is 9.65. The molecule has 0 aliphatic heterocycles. The van der Waals surface area contributed by atoms with Crippen LogP contribution in [0.5, 0.6) is 0 Å². The van der Waals surface area contributed by atoms with E-state index >= 15 is 0 Å². The van der Waals surface area contributed by atoms with Gasteiger partial charge < -0.3 is 4.90 Å². The summed E-state index contributed by atoms with van der Waals surface area (Å²) in [5.41, 5.74) is 2.88. The van der Waals surface area contributed by atoms with E-state index in [1.807, 2.05) is 0 Å². The van der Waals surface area contributed by atoms with Crippen molar-refractivity contribution < 1.29 is 0 Å². The molecule has 1 heteroatoms. The van der Waals surface area contributed by atoms with Crippen molar-refractivity contribution in [3.8, 4) is 0 Å². The number of rotatable bonds is 8. The molecule has 4 rings (SSSR count). The maximum atomic E-state index is 2.75. The lowest BCUT2D eigenvalue weighted by Crippen LogP contribution is -2.53. The molecule has 0 amide bonds. The van der Waals surface area contributed by atoms with Crippen LogP contribution in [-0.4, -0.2) is 18.0 Å². The van der Waals surface area contributed by atoms with Crippen molar-refractivity contribution in [3.05, 3.63) is 11.8 Å². The summed E-state index contributed by atoms with van der Waals surface area (Å²) >= 11 is 0. The van der Waals surface area contributed by atoms with Gasteiger partial charge in [-0.25, -0.2) is 0 Å². The molecular weight excluding hydrogens is 386 g/mol. The fourth-order valence-electron chi connectivity index (χ4n) is 9.77. The molecule has 1 nitrogen and oxygen atoms in total. The average molecular weight is 442 g/mol. The Labute approximate surface area is 201 Å². The lowest BCUT2D eigenvalue weighted by molar-refractivity contribution is -0.103. The first-order chi connectivity index (χ1) is 15.2. The van der Waals surface area contributed by atoms with E-state index in [1.54, 1.807) is 5.70 Å². The van der Waals surface area contributed by atoms with Crippen LogP contribution in [0.4, 0.5) is 0 Å². The number of hydrogen-bond acceptors (Lipinski definition) is 1. The second-order valence-electron chi connectivity index (χ2n) is 13.5. The quantitative estimate of drug-likeness (QED) is 0.363. The Morgan fingerprint density at radius 1 is 0.906 bits per heavy atom. The molecule has 0 radical (unpaired) electrons. The van der Waals surface area contributed by atoms with Gasteiger partial charge in [-0.15, -0.1) is 0 Å². The van der Waals surface area contributed by atoms with Crippen LogP contribution < -0.4 is 0 Å². The summed E-state index contributed by atoms with van der Waals surface area (Å²) in [5.74, 6) is 6.75. The summed E-state index contributed by atoms with van der Waals surface area (Å²) in [6, 6.07) is 0. The third-order valence-electron chi connectivity index (χ3n) is 11.7. The van der Waals surface area contributed by atoms with Crippen molar-refractivity contribution in [2.45, 2.75) is 119 Å². The maximum Gasteiger partial charge on any atom is 0.0146 e. The van der Waals surface area contributed by atoms with Crippen LogP contribution in [0.3, 0.4) is 0 Å². The predicted octanol–water partition coefficient (Wildman–Crippen LogP) is 8.94. The van der Waals surface area contributed by atoms with Gasteiger partial charge in [-0.05, 0) is 117 Å². The highest BCUT2D eigenvalue weighted by Gasteiger charge is 2.60. The molecule has 0 aromatic rings. The molecule has 3 saturated carbocycles. The summed E-state index contributed by atoms with van der Waals surface area (Å²) in [6.45, 7) is 19.9. The topological polar surface area (TPSA) is 3.24 Å². The summed E-state index contributed by atoms with van der Waals surface area (Å²) in [7, 11) is 0. The van der Waals surface area contributed by atoms with E-state index in [0.29, 0.717) is 10.8 Å². The maximum absolute atomic E-state index is 2.75. The van der Waals surface area contributed by atoms with E-state index in [2.05, 4.69) is 59.4 Å². The summed E-state index contributed by atoms with van der Waals surface area (Å²) in [5, 5.41) is 0. The van der Waals surface area contributed by atoms with Gasteiger partial charge in [-0.1, -0.05) is 60.0 Å². The fraction of sp³-hybridized carbons (Fsp3) is 0.935. The molecular formula is C31H55N. The first-order valence-electron chi connectivity index (χ1n) is 14.7. The third-order valence-corrected chi connectivity index (χ3v) is 11.7. The van der Waals surface area contributed by atoms with Gasteiger partial charge in [-0.2, -0.15) is 0 Å². The van der Waals surface area contributed by atoms with Crippen molar-refractivity contribution >= 4 is 0 Å². The number of hydrogen-bond donors (Lipinski definition) is 0. The van der Waals surface area contributed by atoms with Crippen LogP contribution in [0, 0.1) is 52.3 Å². The second-order valence-corrected chi connectivity index (χ2v) is 13.5. The molecule has 0 N–H and O–H groups in total. The summed E-state index contributed by atoms with van der Waals surface area (Å²) in [4.78, 5) is 2.63. The van der Waals surface area contributed by atoms with Crippen molar-refractivity contribution in [1.82, 2.24) is 4.90 Å². The normalized spacial score (nSPS) is 42.1.